The number of carboxylic acids is 1. The van der Waals surface area contributed by atoms with Crippen LogP contribution in [0.4, 0.5) is 0 Å². The van der Waals surface area contributed by atoms with E-state index in [1.165, 1.54) is 6.07 Å². The highest BCUT2D eigenvalue weighted by Gasteiger charge is 2.28. The molecule has 0 saturated heterocycles. The lowest BCUT2D eigenvalue weighted by Crippen LogP contribution is -2.25. The Bertz CT molecular complexity index is 459. The number of benzene rings is 1. The lowest BCUT2D eigenvalue weighted by molar-refractivity contribution is 0.0693. The Balaban J connectivity index is 0.00000324. The molecule has 0 aliphatic carbocycles. The summed E-state index contributed by atoms with van der Waals surface area (Å²) < 4.78 is 0. The zero-order chi connectivity index (χ0) is 14.1. The number of aromatic hydroxyl groups is 1. The summed E-state index contributed by atoms with van der Waals surface area (Å²) >= 11 is 0. The second-order valence-corrected chi connectivity index (χ2v) is 6.66. The molecule has 0 aliphatic rings. The Morgan fingerprint density at radius 2 is 1.68 bits per heavy atom. The fraction of sp³-hybridized carbons (Fsp3) is 0.533. The minimum atomic E-state index is -1.10. The first kappa shape index (κ1) is 18.0. The first-order chi connectivity index (χ1) is 8.03. The number of carbonyl (C=O) groups is 1. The van der Waals surface area contributed by atoms with Gasteiger partial charge in [0, 0.05) is 0 Å². The molecule has 19 heavy (non-hydrogen) atoms. The van der Waals surface area contributed by atoms with E-state index < -0.39 is 5.97 Å². The van der Waals surface area contributed by atoms with Crippen molar-refractivity contribution in [1.82, 2.24) is 0 Å². The predicted octanol–water partition coefficient (Wildman–Crippen LogP) is 2.62. The number of hydrogen-bond acceptors (Lipinski definition) is 2. The smallest absolute Gasteiger partial charge is 0.339 e. The van der Waals surface area contributed by atoms with Gasteiger partial charge in [0.15, 0.2) is 17.4 Å². The molecule has 0 unspecified atom stereocenters. The SMILES string of the molecule is CC(C)(C)CC(C)(C)c1ccc(O)c(C(=O)O)c1.[AlH3]. The third-order valence-corrected chi connectivity index (χ3v) is 2.98. The molecule has 1 rings (SSSR count). The van der Waals surface area contributed by atoms with E-state index in [0.29, 0.717) is 0 Å². The Kier molecular flexibility index (Phi) is 5.68. The number of aromatic carboxylic acids is 1. The molecule has 0 bridgehead atoms. The number of phenols is 1. The third kappa shape index (κ3) is 4.89. The zero-order valence-electron chi connectivity index (χ0n) is 11.7. The average molecular weight is 280 g/mol. The van der Waals surface area contributed by atoms with Crippen LogP contribution in [0.25, 0.3) is 0 Å². The predicted molar refractivity (Wildman–Crippen MR) is 82.1 cm³/mol. The van der Waals surface area contributed by atoms with E-state index in [1.54, 1.807) is 12.1 Å². The van der Waals surface area contributed by atoms with E-state index in [4.69, 9.17) is 5.11 Å². The molecule has 3 nitrogen and oxygen atoms in total. The highest BCUT2D eigenvalue weighted by molar-refractivity contribution is 5.91. The zero-order valence-corrected chi connectivity index (χ0v) is 11.7. The minimum Gasteiger partial charge on any atom is -0.507 e. The van der Waals surface area contributed by atoms with Crippen molar-refractivity contribution in [2.45, 2.75) is 46.5 Å². The van der Waals surface area contributed by atoms with Gasteiger partial charge in [-0.15, -0.1) is 0 Å². The molecule has 0 amide bonds. The topological polar surface area (TPSA) is 57.5 Å². The van der Waals surface area contributed by atoms with Gasteiger partial charge < -0.3 is 10.2 Å². The van der Waals surface area contributed by atoms with Crippen LogP contribution in [-0.4, -0.2) is 33.5 Å². The van der Waals surface area contributed by atoms with Gasteiger partial charge in [0.05, 0.1) is 0 Å². The molecule has 1 aromatic carbocycles. The van der Waals surface area contributed by atoms with Crippen LogP contribution in [0.15, 0.2) is 18.2 Å². The van der Waals surface area contributed by atoms with Gasteiger partial charge in [-0.2, -0.15) is 0 Å². The standard InChI is InChI=1S/C15H22O3.Al.3H/c1-14(2,3)9-15(4,5)10-6-7-12(16)11(8-10)13(17)18;;;;/h6-8,16H,9H2,1-5H3,(H,17,18);;;;. The normalized spacial score (nSPS) is 11.8. The summed E-state index contributed by atoms with van der Waals surface area (Å²) in [4.78, 5) is 11.0. The third-order valence-electron chi connectivity index (χ3n) is 2.98. The van der Waals surface area contributed by atoms with E-state index in [0.717, 1.165) is 12.0 Å². The lowest BCUT2D eigenvalue weighted by Gasteiger charge is -2.33. The van der Waals surface area contributed by atoms with Gasteiger partial charge in [-0.3, -0.25) is 0 Å². The van der Waals surface area contributed by atoms with E-state index in [9.17, 15) is 9.90 Å². The Morgan fingerprint density at radius 1 is 1.16 bits per heavy atom. The van der Waals surface area contributed by atoms with E-state index in [1.807, 2.05) is 0 Å². The van der Waals surface area contributed by atoms with Crippen molar-refractivity contribution >= 4 is 23.3 Å². The van der Waals surface area contributed by atoms with Crippen LogP contribution < -0.4 is 0 Å². The largest absolute Gasteiger partial charge is 0.507 e. The maximum absolute atomic E-state index is 11.0. The monoisotopic (exact) mass is 280 g/mol. The van der Waals surface area contributed by atoms with Crippen LogP contribution in [0, 0.1) is 5.41 Å². The molecular formula is C15H25AlO3. The van der Waals surface area contributed by atoms with Crippen LogP contribution in [0.3, 0.4) is 0 Å². The summed E-state index contributed by atoms with van der Waals surface area (Å²) in [5, 5.41) is 18.6. The molecule has 106 valence electrons. The summed E-state index contributed by atoms with van der Waals surface area (Å²) in [6.45, 7) is 10.7. The molecule has 0 spiro atoms. The van der Waals surface area contributed by atoms with Gasteiger partial charge in [0.25, 0.3) is 0 Å². The molecule has 4 heteroatoms. The van der Waals surface area contributed by atoms with Gasteiger partial charge in [0.2, 0.25) is 0 Å². The van der Waals surface area contributed by atoms with Crippen molar-refractivity contribution in [3.8, 4) is 5.75 Å². The summed E-state index contributed by atoms with van der Waals surface area (Å²) in [6, 6.07) is 4.83. The first-order valence-corrected chi connectivity index (χ1v) is 6.10. The van der Waals surface area contributed by atoms with Crippen molar-refractivity contribution < 1.29 is 15.0 Å². The van der Waals surface area contributed by atoms with Gasteiger partial charge in [-0.25, -0.2) is 4.79 Å². The second kappa shape index (κ2) is 5.98. The molecule has 0 saturated carbocycles. The van der Waals surface area contributed by atoms with E-state index in [2.05, 4.69) is 34.6 Å². The molecule has 1 aromatic rings. The maximum atomic E-state index is 11.0. The Labute approximate surface area is 125 Å². The van der Waals surface area contributed by atoms with Crippen molar-refractivity contribution in [2.24, 2.45) is 5.41 Å². The summed E-state index contributed by atoms with van der Waals surface area (Å²) in [7, 11) is 0. The van der Waals surface area contributed by atoms with Crippen LogP contribution in [0.2, 0.25) is 0 Å². The van der Waals surface area contributed by atoms with Gasteiger partial charge in [-0.05, 0) is 34.9 Å². The Morgan fingerprint density at radius 3 is 2.11 bits per heavy atom. The van der Waals surface area contributed by atoms with E-state index >= 15 is 0 Å². The Hall–Kier alpha value is -0.978. The number of rotatable bonds is 3. The fourth-order valence-corrected chi connectivity index (χ4v) is 2.56. The van der Waals surface area contributed by atoms with Crippen molar-refractivity contribution in [2.75, 3.05) is 0 Å². The molecule has 0 fully saturated rings. The summed E-state index contributed by atoms with van der Waals surface area (Å²) in [5.41, 5.74) is 0.933. The molecule has 0 heterocycles. The minimum absolute atomic E-state index is 0. The highest BCUT2D eigenvalue weighted by Crippen LogP contribution is 2.37. The quantitative estimate of drug-likeness (QED) is 0.837. The fourth-order valence-electron chi connectivity index (χ4n) is 2.56. The van der Waals surface area contributed by atoms with E-state index in [-0.39, 0.29) is 39.5 Å². The molecular weight excluding hydrogens is 255 g/mol. The summed E-state index contributed by atoms with van der Waals surface area (Å²) in [6.07, 6.45) is 0.934. The molecule has 2 N–H and O–H groups in total. The van der Waals surface area contributed by atoms with Gasteiger partial charge >= 0.3 is 5.97 Å². The van der Waals surface area contributed by atoms with Crippen LogP contribution in [0.5, 0.6) is 5.75 Å². The first-order valence-electron chi connectivity index (χ1n) is 6.10. The maximum Gasteiger partial charge on any atom is 0.339 e. The molecule has 0 aliphatic heterocycles. The number of hydrogen-bond donors (Lipinski definition) is 2. The average Bonchev–Trinajstić information content (AvgIpc) is 2.13. The van der Waals surface area contributed by atoms with Crippen LogP contribution in [0.1, 0.15) is 57.0 Å². The lowest BCUT2D eigenvalue weighted by atomic mass is 9.72. The molecule has 0 aromatic heterocycles. The highest BCUT2D eigenvalue weighted by atomic mass is 27.0. The van der Waals surface area contributed by atoms with Crippen molar-refractivity contribution in [3.63, 3.8) is 0 Å². The van der Waals surface area contributed by atoms with Crippen molar-refractivity contribution in [3.05, 3.63) is 29.3 Å². The summed E-state index contributed by atoms with van der Waals surface area (Å²) in [5.74, 6) is -1.28. The van der Waals surface area contributed by atoms with Crippen LogP contribution in [-0.2, 0) is 5.41 Å². The van der Waals surface area contributed by atoms with Gasteiger partial charge in [-0.1, -0.05) is 40.7 Å². The van der Waals surface area contributed by atoms with Gasteiger partial charge in [0.1, 0.15) is 11.3 Å². The second-order valence-electron chi connectivity index (χ2n) is 6.66. The molecule has 0 radical (unpaired) electrons. The number of carboxylic acid groups (broad SMARTS) is 1. The molecule has 0 atom stereocenters. The van der Waals surface area contributed by atoms with Crippen LogP contribution >= 0.6 is 0 Å². The van der Waals surface area contributed by atoms with Crippen molar-refractivity contribution in [1.29, 1.82) is 0 Å².